The first kappa shape index (κ1) is 18.3. The van der Waals surface area contributed by atoms with Crippen LogP contribution in [0.2, 0.25) is 5.02 Å². The number of anilines is 1. The van der Waals surface area contributed by atoms with Crippen molar-refractivity contribution >= 4 is 29.1 Å². The molecule has 0 atom stereocenters. The van der Waals surface area contributed by atoms with Crippen LogP contribution in [0.25, 0.3) is 0 Å². The standard InChI is InChI=1S/C20H21ClN2O3/c21-15-8-6-14(7-9-15)20(10-1-2-11-20)19(25)23-16-4-3-5-17(12-16)26-13-18(22)24/h3-9,12H,1-2,10-11,13H2,(H2,22,24)(H,23,25). The van der Waals surface area contributed by atoms with E-state index in [-0.39, 0.29) is 12.5 Å². The molecule has 6 heteroatoms. The molecule has 2 aromatic carbocycles. The van der Waals surface area contributed by atoms with Crippen LogP contribution in [0, 0.1) is 0 Å². The van der Waals surface area contributed by atoms with Gasteiger partial charge in [-0.05, 0) is 42.7 Å². The van der Waals surface area contributed by atoms with E-state index >= 15 is 0 Å². The Kier molecular flexibility index (Phi) is 5.47. The lowest BCUT2D eigenvalue weighted by Gasteiger charge is -2.28. The molecule has 0 saturated heterocycles. The predicted octanol–water partition coefficient (Wildman–Crippen LogP) is 3.65. The average Bonchev–Trinajstić information content (AvgIpc) is 3.12. The molecular formula is C20H21ClN2O3. The normalized spacial score (nSPS) is 15.4. The van der Waals surface area contributed by atoms with Gasteiger partial charge in [0.2, 0.25) is 5.91 Å². The van der Waals surface area contributed by atoms with Gasteiger partial charge in [0, 0.05) is 16.8 Å². The Morgan fingerprint density at radius 2 is 1.81 bits per heavy atom. The number of carbonyl (C=O) groups excluding carboxylic acids is 2. The van der Waals surface area contributed by atoms with E-state index in [1.165, 1.54) is 0 Å². The van der Waals surface area contributed by atoms with Crippen LogP contribution in [0.15, 0.2) is 48.5 Å². The molecule has 26 heavy (non-hydrogen) atoms. The highest BCUT2D eigenvalue weighted by Gasteiger charge is 2.42. The van der Waals surface area contributed by atoms with E-state index < -0.39 is 11.3 Å². The maximum atomic E-state index is 13.1. The third-order valence-corrected chi connectivity index (χ3v) is 5.01. The third kappa shape index (κ3) is 3.99. The van der Waals surface area contributed by atoms with Crippen molar-refractivity contribution in [1.29, 1.82) is 0 Å². The summed E-state index contributed by atoms with van der Waals surface area (Å²) in [5.74, 6) is -0.106. The molecule has 0 aromatic heterocycles. The summed E-state index contributed by atoms with van der Waals surface area (Å²) >= 11 is 6.00. The molecule has 2 amide bonds. The third-order valence-electron chi connectivity index (χ3n) is 4.76. The van der Waals surface area contributed by atoms with Crippen molar-refractivity contribution in [3.63, 3.8) is 0 Å². The molecule has 0 unspecified atom stereocenters. The lowest BCUT2D eigenvalue weighted by atomic mass is 9.78. The molecule has 0 heterocycles. The molecule has 1 aliphatic rings. The molecule has 3 rings (SSSR count). The Balaban J connectivity index is 1.80. The monoisotopic (exact) mass is 372 g/mol. The number of benzene rings is 2. The average molecular weight is 373 g/mol. The summed E-state index contributed by atoms with van der Waals surface area (Å²) in [6, 6.07) is 14.5. The van der Waals surface area contributed by atoms with Gasteiger partial charge in [0.25, 0.3) is 5.91 Å². The fourth-order valence-electron chi connectivity index (χ4n) is 3.46. The number of carbonyl (C=O) groups is 2. The van der Waals surface area contributed by atoms with E-state index in [4.69, 9.17) is 22.1 Å². The van der Waals surface area contributed by atoms with E-state index in [0.29, 0.717) is 16.5 Å². The highest BCUT2D eigenvalue weighted by Crippen LogP contribution is 2.42. The molecule has 0 radical (unpaired) electrons. The Morgan fingerprint density at radius 1 is 1.12 bits per heavy atom. The van der Waals surface area contributed by atoms with Crippen molar-refractivity contribution in [2.75, 3.05) is 11.9 Å². The first-order valence-electron chi connectivity index (χ1n) is 8.58. The van der Waals surface area contributed by atoms with Crippen LogP contribution in [-0.2, 0) is 15.0 Å². The summed E-state index contributed by atoms with van der Waals surface area (Å²) in [5, 5.41) is 3.65. The number of hydrogen-bond donors (Lipinski definition) is 2. The zero-order chi connectivity index (χ0) is 18.6. The van der Waals surface area contributed by atoms with Crippen LogP contribution in [-0.4, -0.2) is 18.4 Å². The van der Waals surface area contributed by atoms with Crippen LogP contribution < -0.4 is 15.8 Å². The van der Waals surface area contributed by atoms with E-state index in [9.17, 15) is 9.59 Å². The molecule has 1 fully saturated rings. The van der Waals surface area contributed by atoms with Gasteiger partial charge in [-0.15, -0.1) is 0 Å². The van der Waals surface area contributed by atoms with Gasteiger partial charge in [-0.3, -0.25) is 9.59 Å². The lowest BCUT2D eigenvalue weighted by molar-refractivity contribution is -0.121. The van der Waals surface area contributed by atoms with Gasteiger partial charge in [0.05, 0.1) is 5.41 Å². The van der Waals surface area contributed by atoms with Gasteiger partial charge < -0.3 is 15.8 Å². The molecule has 2 aromatic rings. The maximum absolute atomic E-state index is 13.1. The quantitative estimate of drug-likeness (QED) is 0.811. The Bertz CT molecular complexity index is 799. The number of primary amides is 1. The maximum Gasteiger partial charge on any atom is 0.255 e. The molecule has 0 spiro atoms. The number of nitrogens with one attached hydrogen (secondary N) is 1. The van der Waals surface area contributed by atoms with Crippen LogP contribution in [0.3, 0.4) is 0 Å². The molecule has 136 valence electrons. The fourth-order valence-corrected chi connectivity index (χ4v) is 3.59. The molecular weight excluding hydrogens is 352 g/mol. The molecule has 3 N–H and O–H groups in total. The Labute approximate surface area is 157 Å². The number of nitrogens with two attached hydrogens (primary N) is 1. The summed E-state index contributed by atoms with van der Waals surface area (Å²) in [4.78, 5) is 24.0. The first-order valence-corrected chi connectivity index (χ1v) is 8.96. The minimum Gasteiger partial charge on any atom is -0.484 e. The van der Waals surface area contributed by atoms with Crippen molar-refractivity contribution in [3.8, 4) is 5.75 Å². The summed E-state index contributed by atoms with van der Waals surface area (Å²) < 4.78 is 5.30. The first-order chi connectivity index (χ1) is 12.5. The summed E-state index contributed by atoms with van der Waals surface area (Å²) in [6.07, 6.45) is 3.63. The van der Waals surface area contributed by atoms with Crippen molar-refractivity contribution in [2.24, 2.45) is 5.73 Å². The van der Waals surface area contributed by atoms with Crippen molar-refractivity contribution in [1.82, 2.24) is 0 Å². The molecule has 1 aliphatic carbocycles. The summed E-state index contributed by atoms with van der Waals surface area (Å²) in [7, 11) is 0. The van der Waals surface area contributed by atoms with Crippen molar-refractivity contribution in [3.05, 3.63) is 59.1 Å². The smallest absolute Gasteiger partial charge is 0.255 e. The zero-order valence-corrected chi connectivity index (χ0v) is 15.1. The zero-order valence-electron chi connectivity index (χ0n) is 14.3. The van der Waals surface area contributed by atoms with E-state index in [1.807, 2.05) is 24.3 Å². The number of halogens is 1. The van der Waals surface area contributed by atoms with Crippen LogP contribution in [0.4, 0.5) is 5.69 Å². The second kappa shape index (κ2) is 7.79. The molecule has 0 aliphatic heterocycles. The molecule has 5 nitrogen and oxygen atoms in total. The Morgan fingerprint density at radius 3 is 2.46 bits per heavy atom. The topological polar surface area (TPSA) is 81.4 Å². The van der Waals surface area contributed by atoms with Crippen molar-refractivity contribution < 1.29 is 14.3 Å². The van der Waals surface area contributed by atoms with Crippen LogP contribution >= 0.6 is 11.6 Å². The van der Waals surface area contributed by atoms with Gasteiger partial charge >= 0.3 is 0 Å². The lowest BCUT2D eigenvalue weighted by Crippen LogP contribution is -2.38. The highest BCUT2D eigenvalue weighted by molar-refractivity contribution is 6.30. The van der Waals surface area contributed by atoms with E-state index in [0.717, 1.165) is 31.2 Å². The number of amides is 2. The van der Waals surface area contributed by atoms with E-state index in [2.05, 4.69) is 5.32 Å². The second-order valence-corrected chi connectivity index (χ2v) is 6.97. The second-order valence-electron chi connectivity index (χ2n) is 6.53. The van der Waals surface area contributed by atoms with Crippen LogP contribution in [0.1, 0.15) is 31.2 Å². The summed E-state index contributed by atoms with van der Waals surface area (Å²) in [6.45, 7) is -0.202. The largest absolute Gasteiger partial charge is 0.484 e. The van der Waals surface area contributed by atoms with Gasteiger partial charge in [-0.25, -0.2) is 0 Å². The fraction of sp³-hybridized carbons (Fsp3) is 0.300. The molecule has 1 saturated carbocycles. The van der Waals surface area contributed by atoms with Gasteiger partial charge in [0.15, 0.2) is 6.61 Å². The SMILES string of the molecule is NC(=O)COc1cccc(NC(=O)C2(c3ccc(Cl)cc3)CCCC2)c1. The number of hydrogen-bond acceptors (Lipinski definition) is 3. The van der Waals surface area contributed by atoms with Gasteiger partial charge in [0.1, 0.15) is 5.75 Å². The van der Waals surface area contributed by atoms with Gasteiger partial charge in [-0.2, -0.15) is 0 Å². The van der Waals surface area contributed by atoms with Gasteiger partial charge in [-0.1, -0.05) is 42.6 Å². The highest BCUT2D eigenvalue weighted by atomic mass is 35.5. The van der Waals surface area contributed by atoms with E-state index in [1.54, 1.807) is 24.3 Å². The molecule has 0 bridgehead atoms. The minimum absolute atomic E-state index is 0.0376. The number of ether oxygens (including phenoxy) is 1. The minimum atomic E-state index is -0.549. The summed E-state index contributed by atoms with van der Waals surface area (Å²) in [5.41, 5.74) is 6.15. The van der Waals surface area contributed by atoms with Crippen molar-refractivity contribution in [2.45, 2.75) is 31.1 Å². The Hall–Kier alpha value is -2.53. The predicted molar refractivity (Wildman–Crippen MR) is 101 cm³/mol. The number of rotatable bonds is 6. The van der Waals surface area contributed by atoms with Crippen LogP contribution in [0.5, 0.6) is 5.75 Å².